The van der Waals surface area contributed by atoms with Crippen LogP contribution in [0.15, 0.2) is 23.9 Å². The number of halogens is 1. The summed E-state index contributed by atoms with van der Waals surface area (Å²) in [5.74, 6) is -1.27. The zero-order chi connectivity index (χ0) is 22.5. The van der Waals surface area contributed by atoms with Crippen LogP contribution >= 0.6 is 12.4 Å². The van der Waals surface area contributed by atoms with Crippen molar-refractivity contribution in [2.45, 2.75) is 45.7 Å². The second kappa shape index (κ2) is 9.19. The average Bonchev–Trinajstić information content (AvgIpc) is 3.34. The molecule has 3 aliphatic heterocycles. The molecular formula is C22H33ClN4O4S. The van der Waals surface area contributed by atoms with Crippen LogP contribution in [0, 0.1) is 11.8 Å². The Balaban J connectivity index is 0.00000289. The molecule has 3 aliphatic rings. The van der Waals surface area contributed by atoms with E-state index in [0.29, 0.717) is 17.9 Å². The van der Waals surface area contributed by atoms with Crippen molar-refractivity contribution >= 4 is 34.2 Å². The molecule has 32 heavy (non-hydrogen) atoms. The molecule has 1 aromatic heterocycles. The fourth-order valence-corrected chi connectivity index (χ4v) is 6.21. The first-order valence-corrected chi connectivity index (χ1v) is 12.9. The molecule has 0 saturated carbocycles. The highest BCUT2D eigenvalue weighted by atomic mass is 35.5. The zero-order valence-electron chi connectivity index (χ0n) is 19.2. The topological polar surface area (TPSA) is 82.9 Å². The van der Waals surface area contributed by atoms with Crippen LogP contribution in [0.4, 0.5) is 0 Å². The van der Waals surface area contributed by atoms with Gasteiger partial charge in [0.25, 0.3) is 5.91 Å². The molecule has 2 fully saturated rings. The summed E-state index contributed by atoms with van der Waals surface area (Å²) in [4.78, 5) is 30.6. The normalized spacial score (nSPS) is 24.0. The molecule has 0 unspecified atom stereocenters. The number of likely N-dealkylation sites (tertiary alicyclic amines) is 1. The number of carbonyl (C=O) groups excluding carboxylic acids is 2. The van der Waals surface area contributed by atoms with Gasteiger partial charge in [0.1, 0.15) is 5.69 Å². The Labute approximate surface area is 196 Å². The Morgan fingerprint density at radius 2 is 1.81 bits per heavy atom. The maximum Gasteiger partial charge on any atom is 0.271 e. The summed E-state index contributed by atoms with van der Waals surface area (Å²) in [5, 5.41) is 0. The molecule has 2 atom stereocenters. The third-order valence-corrected chi connectivity index (χ3v) is 7.84. The molecule has 178 valence electrons. The molecule has 8 nitrogen and oxygen atoms in total. The standard InChI is InChI=1S/C22H32N4O4S.ClH/c1-15(2)19-20-17(26(22(19)28)31(4,29)30)10-13-25(20)21(27)18-9-8-16(23(18)3)14-24-11-6-5-7-12-24;/h8-10,15,19-20H,5-7,11-14H2,1-4H3;1H/t19-,20+;/m0./s1. The van der Waals surface area contributed by atoms with E-state index >= 15 is 0 Å². The van der Waals surface area contributed by atoms with Crippen molar-refractivity contribution in [2.75, 3.05) is 25.9 Å². The monoisotopic (exact) mass is 484 g/mol. The fourth-order valence-electron chi connectivity index (χ4n) is 5.20. The Hall–Kier alpha value is -1.84. The molecule has 2 saturated heterocycles. The van der Waals surface area contributed by atoms with Gasteiger partial charge in [0.05, 0.1) is 23.9 Å². The molecule has 0 bridgehead atoms. The minimum Gasteiger partial charge on any atom is -0.342 e. The van der Waals surface area contributed by atoms with Gasteiger partial charge < -0.3 is 9.47 Å². The predicted molar refractivity (Wildman–Crippen MR) is 125 cm³/mol. The van der Waals surface area contributed by atoms with Gasteiger partial charge in [-0.1, -0.05) is 20.3 Å². The van der Waals surface area contributed by atoms with E-state index in [2.05, 4.69) is 4.90 Å². The summed E-state index contributed by atoms with van der Waals surface area (Å²) in [6, 6.07) is 3.29. The summed E-state index contributed by atoms with van der Waals surface area (Å²) in [6.07, 6.45) is 6.45. The number of piperidine rings is 1. The number of aromatic nitrogens is 1. The van der Waals surface area contributed by atoms with Gasteiger partial charge in [-0.05, 0) is 50.1 Å². The lowest BCUT2D eigenvalue weighted by Gasteiger charge is -2.29. The summed E-state index contributed by atoms with van der Waals surface area (Å²) < 4.78 is 27.4. The van der Waals surface area contributed by atoms with Crippen LogP contribution in [-0.2, 0) is 28.4 Å². The molecule has 1 aromatic rings. The van der Waals surface area contributed by atoms with Gasteiger partial charge >= 0.3 is 0 Å². The van der Waals surface area contributed by atoms with E-state index < -0.39 is 27.9 Å². The van der Waals surface area contributed by atoms with Crippen LogP contribution < -0.4 is 0 Å². The van der Waals surface area contributed by atoms with E-state index in [4.69, 9.17) is 0 Å². The lowest BCUT2D eigenvalue weighted by atomic mass is 9.89. The van der Waals surface area contributed by atoms with Crippen molar-refractivity contribution in [1.82, 2.24) is 18.7 Å². The highest BCUT2D eigenvalue weighted by Gasteiger charge is 2.55. The minimum absolute atomic E-state index is 0. The predicted octanol–water partition coefficient (Wildman–Crippen LogP) is 2.22. The van der Waals surface area contributed by atoms with Crippen molar-refractivity contribution in [3.63, 3.8) is 0 Å². The molecule has 0 aromatic carbocycles. The zero-order valence-corrected chi connectivity index (χ0v) is 20.8. The largest absolute Gasteiger partial charge is 0.342 e. The van der Waals surface area contributed by atoms with Crippen LogP contribution in [0.1, 0.15) is 49.3 Å². The number of nitrogens with zero attached hydrogens (tertiary/aromatic N) is 4. The van der Waals surface area contributed by atoms with E-state index in [0.717, 1.165) is 35.9 Å². The summed E-state index contributed by atoms with van der Waals surface area (Å²) in [7, 11) is -1.84. The van der Waals surface area contributed by atoms with Crippen molar-refractivity contribution in [2.24, 2.45) is 18.9 Å². The second-order valence-corrected chi connectivity index (χ2v) is 11.1. The van der Waals surface area contributed by atoms with E-state index in [9.17, 15) is 18.0 Å². The Bertz CT molecular complexity index is 1030. The van der Waals surface area contributed by atoms with Gasteiger partial charge in [-0.2, -0.15) is 0 Å². The minimum atomic E-state index is -3.74. The first-order chi connectivity index (χ1) is 14.6. The molecule has 2 amide bonds. The van der Waals surface area contributed by atoms with Gasteiger partial charge in [0, 0.05) is 25.8 Å². The molecule has 10 heteroatoms. The first kappa shape index (κ1) is 24.8. The third kappa shape index (κ3) is 4.22. The molecule has 0 radical (unpaired) electrons. The number of carbonyl (C=O) groups is 2. The lowest BCUT2D eigenvalue weighted by Crippen LogP contribution is -2.43. The highest BCUT2D eigenvalue weighted by Crippen LogP contribution is 2.41. The van der Waals surface area contributed by atoms with Crippen LogP contribution in [0.2, 0.25) is 0 Å². The van der Waals surface area contributed by atoms with Gasteiger partial charge in [-0.3, -0.25) is 14.5 Å². The quantitative estimate of drug-likeness (QED) is 0.640. The fraction of sp³-hybridized carbons (Fsp3) is 0.636. The smallest absolute Gasteiger partial charge is 0.271 e. The SMILES string of the molecule is CC(C)[C@@H]1C(=O)N(S(C)(=O)=O)C2=CCN(C(=O)c3ccc(CN4CCCCC4)n3C)[C@H]21.Cl. The van der Waals surface area contributed by atoms with Crippen molar-refractivity contribution in [3.8, 4) is 0 Å². The number of hydrogen-bond acceptors (Lipinski definition) is 5. The van der Waals surface area contributed by atoms with Crippen molar-refractivity contribution in [1.29, 1.82) is 0 Å². The Morgan fingerprint density at radius 3 is 2.41 bits per heavy atom. The molecule has 0 aliphatic carbocycles. The van der Waals surface area contributed by atoms with Crippen molar-refractivity contribution < 1.29 is 18.0 Å². The Kier molecular flexibility index (Phi) is 7.12. The first-order valence-electron chi connectivity index (χ1n) is 11.0. The lowest BCUT2D eigenvalue weighted by molar-refractivity contribution is -0.128. The van der Waals surface area contributed by atoms with Crippen molar-refractivity contribution in [3.05, 3.63) is 35.3 Å². The van der Waals surface area contributed by atoms with E-state index in [1.54, 1.807) is 11.0 Å². The maximum atomic E-state index is 13.5. The summed E-state index contributed by atoms with van der Waals surface area (Å²) in [5.41, 5.74) is 2.06. The highest BCUT2D eigenvalue weighted by molar-refractivity contribution is 7.89. The van der Waals surface area contributed by atoms with Gasteiger partial charge in [0.15, 0.2) is 0 Å². The molecule has 4 rings (SSSR count). The summed E-state index contributed by atoms with van der Waals surface area (Å²) in [6.45, 7) is 7.06. The molecule has 0 N–H and O–H groups in total. The van der Waals surface area contributed by atoms with Crippen LogP contribution in [0.3, 0.4) is 0 Å². The summed E-state index contributed by atoms with van der Waals surface area (Å²) >= 11 is 0. The number of sulfonamides is 1. The van der Waals surface area contributed by atoms with Crippen LogP contribution in [-0.4, -0.2) is 70.8 Å². The van der Waals surface area contributed by atoms with E-state index in [1.807, 2.05) is 37.6 Å². The number of fused-ring (bicyclic) bond motifs is 1. The van der Waals surface area contributed by atoms with Crippen LogP contribution in [0.5, 0.6) is 0 Å². The van der Waals surface area contributed by atoms with Crippen LogP contribution in [0.25, 0.3) is 0 Å². The number of rotatable bonds is 5. The maximum absolute atomic E-state index is 13.5. The number of amides is 2. The molecule has 4 heterocycles. The molecule has 0 spiro atoms. The van der Waals surface area contributed by atoms with Gasteiger partial charge in [-0.15, -0.1) is 12.4 Å². The second-order valence-electron chi connectivity index (χ2n) is 9.27. The Morgan fingerprint density at radius 1 is 1.16 bits per heavy atom. The van der Waals surface area contributed by atoms with Gasteiger partial charge in [0.2, 0.25) is 15.9 Å². The molecular weight excluding hydrogens is 452 g/mol. The third-order valence-electron chi connectivity index (χ3n) is 6.79. The number of hydrogen-bond donors (Lipinski definition) is 0. The average molecular weight is 485 g/mol. The van der Waals surface area contributed by atoms with E-state index in [1.165, 1.54) is 19.3 Å². The van der Waals surface area contributed by atoms with E-state index in [-0.39, 0.29) is 24.2 Å². The van der Waals surface area contributed by atoms with Gasteiger partial charge in [-0.25, -0.2) is 12.7 Å².